The molecule has 0 saturated carbocycles. The number of hydrogen-bond acceptors (Lipinski definition) is 4. The van der Waals surface area contributed by atoms with E-state index in [2.05, 4.69) is 10.3 Å². The molecule has 0 aromatic carbocycles. The van der Waals surface area contributed by atoms with E-state index in [9.17, 15) is 0 Å². The van der Waals surface area contributed by atoms with Crippen LogP contribution in [-0.4, -0.2) is 30.1 Å². The lowest BCUT2D eigenvalue weighted by Crippen LogP contribution is -2.10. The second-order valence-corrected chi connectivity index (χ2v) is 5.08. The first kappa shape index (κ1) is 11.0. The predicted octanol–water partition coefficient (Wildman–Crippen LogP) is 2.05. The van der Waals surface area contributed by atoms with Gasteiger partial charge in [-0.3, -0.25) is 0 Å². The van der Waals surface area contributed by atoms with Crippen LogP contribution in [0.3, 0.4) is 0 Å². The smallest absolute Gasteiger partial charge is 0.198 e. The molecule has 1 aromatic rings. The molecule has 0 spiro atoms. The van der Waals surface area contributed by atoms with Crippen molar-refractivity contribution in [2.75, 3.05) is 25.1 Å². The Morgan fingerprint density at radius 3 is 3.33 bits per heavy atom. The number of likely N-dealkylation sites (N-methyl/N-ethyl adjacent to an activating group) is 1. The van der Waals surface area contributed by atoms with Crippen molar-refractivity contribution in [3.05, 3.63) is 17.8 Å². The van der Waals surface area contributed by atoms with Crippen LogP contribution >= 0.6 is 11.8 Å². The van der Waals surface area contributed by atoms with Crippen molar-refractivity contribution < 1.29 is 4.42 Å². The van der Waals surface area contributed by atoms with E-state index in [4.69, 9.17) is 4.42 Å². The third kappa shape index (κ3) is 2.98. The minimum absolute atomic E-state index is 0.548. The third-order valence-electron chi connectivity index (χ3n) is 2.70. The number of aromatic nitrogens is 1. The van der Waals surface area contributed by atoms with Gasteiger partial charge in [0.05, 0.1) is 6.20 Å². The molecular formula is C11H18N2OS. The van der Waals surface area contributed by atoms with Gasteiger partial charge in [0, 0.05) is 24.6 Å². The first-order valence-electron chi connectivity index (χ1n) is 5.57. The highest BCUT2D eigenvalue weighted by Gasteiger charge is 2.20. The summed E-state index contributed by atoms with van der Waals surface area (Å²) in [6.45, 7) is 0.952. The lowest BCUT2D eigenvalue weighted by atomic mass is 10.1. The van der Waals surface area contributed by atoms with E-state index >= 15 is 0 Å². The Morgan fingerprint density at radius 2 is 2.60 bits per heavy atom. The van der Waals surface area contributed by atoms with Gasteiger partial charge >= 0.3 is 0 Å². The Bertz CT molecular complexity index is 295. The largest absolute Gasteiger partial charge is 0.445 e. The van der Waals surface area contributed by atoms with Gasteiger partial charge in [0.1, 0.15) is 5.76 Å². The van der Waals surface area contributed by atoms with Crippen molar-refractivity contribution >= 4 is 11.8 Å². The second-order valence-electron chi connectivity index (χ2n) is 3.93. The molecule has 1 unspecified atom stereocenters. The highest BCUT2D eigenvalue weighted by atomic mass is 32.2. The van der Waals surface area contributed by atoms with Gasteiger partial charge in [-0.05, 0) is 25.6 Å². The fourth-order valence-electron chi connectivity index (χ4n) is 1.81. The normalized spacial score (nSPS) is 21.8. The Labute approximate surface area is 95.0 Å². The van der Waals surface area contributed by atoms with E-state index in [0.717, 1.165) is 24.6 Å². The van der Waals surface area contributed by atoms with Crippen LogP contribution in [0, 0.1) is 0 Å². The molecule has 0 radical (unpaired) electrons. The number of nitrogens with one attached hydrogen (secondary N) is 1. The molecule has 4 heteroatoms. The predicted molar refractivity (Wildman–Crippen MR) is 63.4 cm³/mol. The average molecular weight is 226 g/mol. The molecule has 0 amide bonds. The minimum Gasteiger partial charge on any atom is -0.445 e. The summed E-state index contributed by atoms with van der Waals surface area (Å²) in [6, 6.07) is 0. The number of thioether (sulfide) groups is 1. The Kier molecular flexibility index (Phi) is 4.09. The van der Waals surface area contributed by atoms with Gasteiger partial charge in [-0.2, -0.15) is 11.8 Å². The van der Waals surface area contributed by atoms with Gasteiger partial charge in [-0.25, -0.2) is 4.98 Å². The summed E-state index contributed by atoms with van der Waals surface area (Å²) in [6.07, 6.45) is 5.35. The van der Waals surface area contributed by atoms with Gasteiger partial charge in [0.2, 0.25) is 0 Å². The molecule has 1 aliphatic rings. The molecule has 2 rings (SSSR count). The van der Waals surface area contributed by atoms with Gasteiger partial charge in [0.15, 0.2) is 5.89 Å². The zero-order chi connectivity index (χ0) is 10.5. The lowest BCUT2D eigenvalue weighted by molar-refractivity contribution is 0.414. The quantitative estimate of drug-likeness (QED) is 0.852. The van der Waals surface area contributed by atoms with Crippen LogP contribution in [0.4, 0.5) is 0 Å². The Morgan fingerprint density at radius 1 is 1.67 bits per heavy atom. The van der Waals surface area contributed by atoms with Gasteiger partial charge in [0.25, 0.3) is 0 Å². The van der Waals surface area contributed by atoms with Gasteiger partial charge < -0.3 is 9.73 Å². The average Bonchev–Trinajstić information content (AvgIpc) is 2.76. The summed E-state index contributed by atoms with van der Waals surface area (Å²) in [7, 11) is 1.95. The van der Waals surface area contributed by atoms with Crippen LogP contribution in [0.5, 0.6) is 0 Å². The fourth-order valence-corrected chi connectivity index (χ4v) is 2.94. The van der Waals surface area contributed by atoms with Crippen molar-refractivity contribution in [3.8, 4) is 0 Å². The number of rotatable bonds is 4. The zero-order valence-electron chi connectivity index (χ0n) is 9.16. The van der Waals surface area contributed by atoms with Gasteiger partial charge in [-0.15, -0.1) is 0 Å². The van der Waals surface area contributed by atoms with E-state index in [1.54, 1.807) is 0 Å². The van der Waals surface area contributed by atoms with E-state index in [-0.39, 0.29) is 0 Å². The summed E-state index contributed by atoms with van der Waals surface area (Å²) in [5.74, 6) is 4.98. The van der Waals surface area contributed by atoms with E-state index < -0.39 is 0 Å². The number of oxazole rings is 1. The van der Waals surface area contributed by atoms with Crippen LogP contribution in [0.1, 0.15) is 30.4 Å². The van der Waals surface area contributed by atoms with Crippen LogP contribution in [0.2, 0.25) is 0 Å². The standard InChI is InChI=1S/C11H18N2OS/c1-12-5-4-10-7-13-11(14-10)9-3-2-6-15-8-9/h7,9,12H,2-6,8H2,1H3. The maximum atomic E-state index is 5.76. The molecule has 1 aromatic heterocycles. The molecule has 1 aliphatic heterocycles. The highest BCUT2D eigenvalue weighted by Crippen LogP contribution is 2.30. The molecule has 3 nitrogen and oxygen atoms in total. The SMILES string of the molecule is CNCCc1cnc(C2CCCSC2)o1. The molecule has 1 fully saturated rings. The second kappa shape index (κ2) is 5.56. The summed E-state index contributed by atoms with van der Waals surface area (Å²) in [5, 5.41) is 3.11. The van der Waals surface area contributed by atoms with E-state index in [1.807, 2.05) is 25.0 Å². The molecule has 1 N–H and O–H groups in total. The van der Waals surface area contributed by atoms with Gasteiger partial charge in [-0.1, -0.05) is 0 Å². The molecule has 0 bridgehead atoms. The molecule has 1 saturated heterocycles. The first-order chi connectivity index (χ1) is 7.40. The fraction of sp³-hybridized carbons (Fsp3) is 0.727. The number of nitrogens with zero attached hydrogens (tertiary/aromatic N) is 1. The Hall–Kier alpha value is -0.480. The highest BCUT2D eigenvalue weighted by molar-refractivity contribution is 7.99. The molecule has 0 aliphatic carbocycles. The van der Waals surface area contributed by atoms with Crippen molar-refractivity contribution in [3.63, 3.8) is 0 Å². The molecule has 2 heterocycles. The molecular weight excluding hydrogens is 208 g/mol. The van der Waals surface area contributed by atoms with E-state index in [0.29, 0.717) is 5.92 Å². The first-order valence-corrected chi connectivity index (χ1v) is 6.72. The van der Waals surface area contributed by atoms with Crippen molar-refractivity contribution in [1.29, 1.82) is 0 Å². The molecule has 15 heavy (non-hydrogen) atoms. The monoisotopic (exact) mass is 226 g/mol. The van der Waals surface area contributed by atoms with Crippen LogP contribution in [0.15, 0.2) is 10.6 Å². The third-order valence-corrected chi connectivity index (χ3v) is 3.92. The van der Waals surface area contributed by atoms with E-state index in [1.165, 1.54) is 24.3 Å². The number of hydrogen-bond donors (Lipinski definition) is 1. The lowest BCUT2D eigenvalue weighted by Gasteiger charge is -2.17. The maximum Gasteiger partial charge on any atom is 0.198 e. The maximum absolute atomic E-state index is 5.76. The summed E-state index contributed by atoms with van der Waals surface area (Å²) in [5.41, 5.74) is 0. The summed E-state index contributed by atoms with van der Waals surface area (Å²) < 4.78 is 5.76. The minimum atomic E-state index is 0.548. The van der Waals surface area contributed by atoms with Crippen molar-refractivity contribution in [2.45, 2.75) is 25.2 Å². The zero-order valence-corrected chi connectivity index (χ0v) is 9.98. The van der Waals surface area contributed by atoms with Crippen LogP contribution < -0.4 is 5.32 Å². The van der Waals surface area contributed by atoms with Crippen LogP contribution in [-0.2, 0) is 6.42 Å². The molecule has 1 atom stereocenters. The Balaban J connectivity index is 1.93. The molecule has 84 valence electrons. The topological polar surface area (TPSA) is 38.1 Å². The summed E-state index contributed by atoms with van der Waals surface area (Å²) >= 11 is 2.01. The summed E-state index contributed by atoms with van der Waals surface area (Å²) in [4.78, 5) is 4.38. The van der Waals surface area contributed by atoms with Crippen molar-refractivity contribution in [2.24, 2.45) is 0 Å². The van der Waals surface area contributed by atoms with Crippen LogP contribution in [0.25, 0.3) is 0 Å². The van der Waals surface area contributed by atoms with Crippen molar-refractivity contribution in [1.82, 2.24) is 10.3 Å².